The minimum atomic E-state index is 0.502. The van der Waals surface area contributed by atoms with Gasteiger partial charge < -0.3 is 0 Å². The van der Waals surface area contributed by atoms with Gasteiger partial charge in [0.25, 0.3) is 0 Å². The van der Waals surface area contributed by atoms with Crippen molar-refractivity contribution in [1.29, 1.82) is 0 Å². The first-order valence-corrected chi connectivity index (χ1v) is 10.7. The Morgan fingerprint density at radius 3 is 1.65 bits per heavy atom. The molecule has 0 bridgehead atoms. The Bertz CT molecular complexity index is 114. The third-order valence-electron chi connectivity index (χ3n) is 3.09. The number of hydrogen-bond donors (Lipinski definition) is 1. The summed E-state index contributed by atoms with van der Waals surface area (Å²) in [6.07, 6.45) is 15.9. The average molecular weight is 354 g/mol. The van der Waals surface area contributed by atoms with E-state index in [2.05, 4.69) is 6.92 Å². The molecule has 0 atom stereocenters. The molecule has 0 aromatic rings. The summed E-state index contributed by atoms with van der Waals surface area (Å²) in [6, 6.07) is 0. The Morgan fingerprint density at radius 1 is 0.647 bits per heavy atom. The molecule has 0 amide bonds. The second-order valence-corrected chi connectivity index (χ2v) is 8.13. The fourth-order valence-corrected chi connectivity index (χ4v) is 4.54. The molecule has 17 heavy (non-hydrogen) atoms. The van der Waals surface area contributed by atoms with E-state index in [4.69, 9.17) is 5.73 Å². The summed E-state index contributed by atoms with van der Waals surface area (Å²) >= 11 is 0.502. The molecule has 0 aliphatic rings. The molecule has 0 heterocycles. The van der Waals surface area contributed by atoms with Crippen molar-refractivity contribution < 1.29 is 21.2 Å². The van der Waals surface area contributed by atoms with E-state index in [0.717, 1.165) is 6.54 Å². The molecular weight excluding hydrogens is 321 g/mol. The molecule has 0 aromatic heterocycles. The van der Waals surface area contributed by atoms with Gasteiger partial charge in [-0.15, -0.1) is 0 Å². The Hall–Kier alpha value is 0.690. The van der Waals surface area contributed by atoms with Crippen molar-refractivity contribution in [3.8, 4) is 0 Å². The molecule has 106 valence electrons. The molecule has 0 saturated heterocycles. The Kier molecular flexibility index (Phi) is 17.4. The number of nitrogens with two attached hydrogens (primary N) is 1. The van der Waals surface area contributed by atoms with Gasteiger partial charge >= 0.3 is 120 Å². The van der Waals surface area contributed by atoms with Gasteiger partial charge in [0.15, 0.2) is 0 Å². The van der Waals surface area contributed by atoms with E-state index >= 15 is 0 Å². The van der Waals surface area contributed by atoms with Crippen LogP contribution in [0, 0.1) is 0 Å². The first kappa shape index (κ1) is 17.7. The van der Waals surface area contributed by atoms with Crippen LogP contribution in [0.15, 0.2) is 0 Å². The zero-order chi connectivity index (χ0) is 12.6. The van der Waals surface area contributed by atoms with Gasteiger partial charge in [-0.25, -0.2) is 0 Å². The van der Waals surface area contributed by atoms with Gasteiger partial charge in [0.2, 0.25) is 0 Å². The van der Waals surface area contributed by atoms with Crippen molar-refractivity contribution in [3.63, 3.8) is 0 Å². The van der Waals surface area contributed by atoms with Crippen molar-refractivity contribution >= 4 is 0 Å². The van der Waals surface area contributed by atoms with Gasteiger partial charge in [-0.2, -0.15) is 0 Å². The van der Waals surface area contributed by atoms with Crippen LogP contribution in [0.5, 0.6) is 0 Å². The van der Waals surface area contributed by atoms with Crippen LogP contribution in [0.25, 0.3) is 0 Å². The molecule has 0 saturated carbocycles. The number of unbranched alkanes of at least 4 members (excludes halogenated alkanes) is 9. The van der Waals surface area contributed by atoms with E-state index in [1.54, 1.807) is 0 Å². The average Bonchev–Trinajstić information content (AvgIpc) is 2.35. The third-order valence-corrected chi connectivity index (χ3v) is 6.14. The summed E-state index contributed by atoms with van der Waals surface area (Å²) in [5.41, 5.74) is 5.49. The molecule has 0 unspecified atom stereocenters. The van der Waals surface area contributed by atoms with E-state index in [9.17, 15) is 0 Å². The van der Waals surface area contributed by atoms with Crippen LogP contribution >= 0.6 is 0 Å². The molecule has 2 heteroatoms. The second kappa shape index (κ2) is 16.7. The monoisotopic (exact) mass is 354 g/mol. The van der Waals surface area contributed by atoms with Gasteiger partial charge in [0.05, 0.1) is 0 Å². The van der Waals surface area contributed by atoms with Crippen molar-refractivity contribution in [1.82, 2.24) is 0 Å². The van der Waals surface area contributed by atoms with Gasteiger partial charge in [-0.05, 0) is 0 Å². The van der Waals surface area contributed by atoms with Crippen LogP contribution in [0.4, 0.5) is 0 Å². The molecule has 1 nitrogen and oxygen atoms in total. The predicted molar refractivity (Wildman–Crippen MR) is 75.2 cm³/mol. The van der Waals surface area contributed by atoms with E-state index in [1.807, 2.05) is 0 Å². The summed E-state index contributed by atoms with van der Waals surface area (Å²) in [7, 11) is 0. The van der Waals surface area contributed by atoms with Gasteiger partial charge in [0, 0.05) is 0 Å². The molecule has 0 fully saturated rings. The predicted octanol–water partition coefficient (Wildman–Crippen LogP) is 1.35. The molecule has 0 aliphatic heterocycles. The molecule has 0 rings (SSSR count). The zero-order valence-electron chi connectivity index (χ0n) is 11.9. The van der Waals surface area contributed by atoms with Crippen molar-refractivity contribution in [3.05, 3.63) is 0 Å². The van der Waals surface area contributed by atoms with Crippen molar-refractivity contribution in [2.45, 2.75) is 77.6 Å². The Morgan fingerprint density at radius 2 is 1.12 bits per heavy atom. The van der Waals surface area contributed by atoms with Crippen LogP contribution < -0.4 is 26.9 Å². The first-order chi connectivity index (χ1) is 8.41. The summed E-state index contributed by atoms with van der Waals surface area (Å²) in [5, 5.41) is 0. The maximum atomic E-state index is 5.49. The maximum absolute atomic E-state index is 5.49. The van der Waals surface area contributed by atoms with Crippen LogP contribution in [-0.4, -0.2) is 15.4 Å². The van der Waals surface area contributed by atoms with Gasteiger partial charge in [-0.1, -0.05) is 0 Å². The summed E-state index contributed by atoms with van der Waals surface area (Å²) in [5.74, 6) is 0. The fourth-order valence-electron chi connectivity index (χ4n) is 1.94. The molecule has 0 aromatic carbocycles. The van der Waals surface area contributed by atoms with E-state index in [1.165, 1.54) is 79.5 Å². The molecule has 0 aliphatic carbocycles. The number of halogens is 1. The van der Waals surface area contributed by atoms with Crippen LogP contribution in [-0.2, 0) is 0 Å². The van der Waals surface area contributed by atoms with E-state index < -0.39 is 0 Å². The number of hydrogen-bond acceptors (Lipinski definition) is 1. The molecule has 0 spiro atoms. The summed E-state index contributed by atoms with van der Waals surface area (Å²) in [6.45, 7) is 3.19. The minimum absolute atomic E-state index is 0.502. The van der Waals surface area contributed by atoms with Crippen LogP contribution in [0.1, 0.15) is 77.6 Å². The number of alkyl halides is 2. The quantitative estimate of drug-likeness (QED) is 0.284. The van der Waals surface area contributed by atoms with Crippen LogP contribution in [0.2, 0.25) is 0 Å². The van der Waals surface area contributed by atoms with Gasteiger partial charge in [0.1, 0.15) is 0 Å². The van der Waals surface area contributed by atoms with Crippen LogP contribution in [0.3, 0.4) is 0 Å². The van der Waals surface area contributed by atoms with Crippen molar-refractivity contribution in [2.75, 3.05) is 15.4 Å². The number of rotatable bonds is 14. The summed E-state index contributed by atoms with van der Waals surface area (Å²) < 4.78 is 2.99. The van der Waals surface area contributed by atoms with Crippen molar-refractivity contribution in [2.24, 2.45) is 5.73 Å². The molecule has 0 radical (unpaired) electrons. The third kappa shape index (κ3) is 16.7. The molecular formula is C15H33IN-. The Balaban J connectivity index is 2.85. The first-order valence-electron chi connectivity index (χ1n) is 7.65. The van der Waals surface area contributed by atoms with Gasteiger partial charge in [-0.3, -0.25) is 0 Å². The standard InChI is InChI=1S/C15H33IN/c1-2-3-4-5-6-7-8-9-10-11-13-16-14-12-15-17/h2-15,17H2,1H3/q-1. The normalized spacial score (nSPS) is 11.2. The molecule has 2 N–H and O–H groups in total. The summed E-state index contributed by atoms with van der Waals surface area (Å²) in [4.78, 5) is 0. The SMILES string of the molecule is CCCCCCCCCCCC[I-]CCCN. The van der Waals surface area contributed by atoms with E-state index in [0.29, 0.717) is 21.2 Å². The second-order valence-electron chi connectivity index (χ2n) is 4.89. The zero-order valence-corrected chi connectivity index (χ0v) is 14.0. The Labute approximate surface area is 120 Å². The van der Waals surface area contributed by atoms with E-state index in [-0.39, 0.29) is 0 Å². The fraction of sp³-hybridized carbons (Fsp3) is 1.00. The topological polar surface area (TPSA) is 26.0 Å².